The van der Waals surface area contributed by atoms with Gasteiger partial charge in [0.25, 0.3) is 15.9 Å². The number of amides is 1. The van der Waals surface area contributed by atoms with Crippen molar-refractivity contribution in [3.8, 4) is 0 Å². The molecule has 3 aromatic carbocycles. The third-order valence-corrected chi connectivity index (χ3v) is 8.53. The number of nitrogens with one attached hydrogen (secondary N) is 1. The first-order valence-corrected chi connectivity index (χ1v) is 13.8. The van der Waals surface area contributed by atoms with Gasteiger partial charge in [-0.05, 0) is 75.4 Å². The van der Waals surface area contributed by atoms with Crippen LogP contribution in [-0.2, 0) is 16.6 Å². The molecular formula is C28H23BrN4O3S. The van der Waals surface area contributed by atoms with E-state index in [-0.39, 0.29) is 10.6 Å². The summed E-state index contributed by atoms with van der Waals surface area (Å²) in [6, 6.07) is 19.8. The van der Waals surface area contributed by atoms with Gasteiger partial charge in [-0.1, -0.05) is 61.2 Å². The molecule has 1 amide bonds. The predicted octanol–water partition coefficient (Wildman–Crippen LogP) is 5.77. The molecule has 186 valence electrons. The maximum atomic E-state index is 13.0. The van der Waals surface area contributed by atoms with Crippen LogP contribution < -0.4 is 4.72 Å². The van der Waals surface area contributed by atoms with Crippen LogP contribution in [0, 0.1) is 13.8 Å². The summed E-state index contributed by atoms with van der Waals surface area (Å²) < 4.78 is 30.7. The van der Waals surface area contributed by atoms with Crippen LogP contribution in [0.2, 0.25) is 0 Å². The molecule has 9 heteroatoms. The maximum absolute atomic E-state index is 13.0. The lowest BCUT2D eigenvalue weighted by Crippen LogP contribution is -2.31. The highest BCUT2D eigenvalue weighted by atomic mass is 79.9. The number of imidazole rings is 1. The van der Waals surface area contributed by atoms with Gasteiger partial charge in [0.15, 0.2) is 5.65 Å². The van der Waals surface area contributed by atoms with Crippen molar-refractivity contribution in [1.29, 1.82) is 0 Å². The quantitative estimate of drug-likeness (QED) is 0.277. The molecule has 0 atom stereocenters. The van der Waals surface area contributed by atoms with Gasteiger partial charge in [0.05, 0.1) is 11.4 Å². The standard InChI is InChI=1S/C28H23BrN4O3S/c1-4-19-9-13-22(14-10-19)37(35,36)32-28(34)24-15-17(2)26-27(31-24)33(18(3)30-26)16-21-12-11-20-7-5-6-8-23(20)25(21)29/h4-15H,1,16H2,2-3H3,(H,32,34). The van der Waals surface area contributed by atoms with Gasteiger partial charge >= 0.3 is 0 Å². The Hall–Kier alpha value is -3.82. The molecule has 2 aromatic heterocycles. The number of carbonyl (C=O) groups is 1. The monoisotopic (exact) mass is 574 g/mol. The zero-order valence-electron chi connectivity index (χ0n) is 20.2. The average Bonchev–Trinajstić information content (AvgIpc) is 3.21. The van der Waals surface area contributed by atoms with Gasteiger partial charge in [-0.15, -0.1) is 0 Å². The van der Waals surface area contributed by atoms with Crippen molar-refractivity contribution in [2.24, 2.45) is 0 Å². The molecule has 37 heavy (non-hydrogen) atoms. The maximum Gasteiger partial charge on any atom is 0.283 e. The zero-order chi connectivity index (χ0) is 26.3. The minimum absolute atomic E-state index is 0.00462. The minimum atomic E-state index is -4.08. The third kappa shape index (κ3) is 4.68. The molecule has 0 unspecified atom stereocenters. The fourth-order valence-electron chi connectivity index (χ4n) is 4.24. The summed E-state index contributed by atoms with van der Waals surface area (Å²) in [5.41, 5.74) is 3.69. The number of halogens is 1. The Labute approximate surface area is 223 Å². The van der Waals surface area contributed by atoms with E-state index >= 15 is 0 Å². The van der Waals surface area contributed by atoms with Crippen LogP contribution in [0.15, 0.2) is 82.7 Å². The van der Waals surface area contributed by atoms with Crippen molar-refractivity contribution in [3.05, 3.63) is 106 Å². The summed E-state index contributed by atoms with van der Waals surface area (Å²) in [5.74, 6) is -0.0757. The summed E-state index contributed by atoms with van der Waals surface area (Å²) in [5, 5.41) is 2.22. The number of hydrogen-bond donors (Lipinski definition) is 1. The highest BCUT2D eigenvalue weighted by molar-refractivity contribution is 9.10. The Kier molecular flexibility index (Phi) is 6.43. The first-order chi connectivity index (χ1) is 17.7. The van der Waals surface area contributed by atoms with Gasteiger partial charge in [-0.25, -0.2) is 23.1 Å². The fourth-order valence-corrected chi connectivity index (χ4v) is 5.82. The van der Waals surface area contributed by atoms with Crippen LogP contribution in [0.4, 0.5) is 0 Å². The lowest BCUT2D eigenvalue weighted by molar-refractivity contribution is 0.0976. The van der Waals surface area contributed by atoms with Gasteiger partial charge in [0.2, 0.25) is 0 Å². The number of aryl methyl sites for hydroxylation is 2. The number of pyridine rings is 1. The summed E-state index contributed by atoms with van der Waals surface area (Å²) in [6.07, 6.45) is 1.61. The number of hydrogen-bond acceptors (Lipinski definition) is 5. The Bertz CT molecular complexity index is 1810. The SMILES string of the molecule is C=Cc1ccc(S(=O)(=O)NC(=O)c2cc(C)c3nc(C)n(Cc4ccc5ccccc5c4Br)c3n2)cc1. The Morgan fingerprint density at radius 1 is 1.05 bits per heavy atom. The molecule has 0 aliphatic carbocycles. The minimum Gasteiger partial charge on any atom is -0.308 e. The molecule has 7 nitrogen and oxygen atoms in total. The second-order valence-electron chi connectivity index (χ2n) is 8.71. The number of nitrogens with zero attached hydrogens (tertiary/aromatic N) is 3. The van der Waals surface area contributed by atoms with Crippen LogP contribution in [0.5, 0.6) is 0 Å². The lowest BCUT2D eigenvalue weighted by atomic mass is 10.1. The van der Waals surface area contributed by atoms with Crippen molar-refractivity contribution in [3.63, 3.8) is 0 Å². The number of sulfonamides is 1. The number of fused-ring (bicyclic) bond motifs is 2. The van der Waals surface area contributed by atoms with Crippen molar-refractivity contribution in [2.75, 3.05) is 0 Å². The van der Waals surface area contributed by atoms with Gasteiger partial charge in [0, 0.05) is 4.47 Å². The Morgan fingerprint density at radius 3 is 2.51 bits per heavy atom. The van der Waals surface area contributed by atoms with E-state index in [0.717, 1.165) is 37.8 Å². The number of benzene rings is 3. The normalized spacial score (nSPS) is 11.6. The van der Waals surface area contributed by atoms with Crippen LogP contribution in [0.1, 0.15) is 33.0 Å². The summed E-state index contributed by atoms with van der Waals surface area (Å²) in [4.78, 5) is 22.2. The van der Waals surface area contributed by atoms with Gasteiger partial charge < -0.3 is 4.57 Å². The molecule has 5 aromatic rings. The molecule has 0 aliphatic rings. The van der Waals surface area contributed by atoms with Crippen molar-refractivity contribution < 1.29 is 13.2 Å². The number of aromatic nitrogens is 3. The molecule has 2 heterocycles. The lowest BCUT2D eigenvalue weighted by Gasteiger charge is -2.12. The van der Waals surface area contributed by atoms with Crippen molar-refractivity contribution in [1.82, 2.24) is 19.3 Å². The molecule has 0 bridgehead atoms. The largest absolute Gasteiger partial charge is 0.308 e. The van der Waals surface area contributed by atoms with Crippen LogP contribution >= 0.6 is 15.9 Å². The molecule has 0 aliphatic heterocycles. The summed E-state index contributed by atoms with van der Waals surface area (Å²) >= 11 is 3.74. The summed E-state index contributed by atoms with van der Waals surface area (Å²) in [7, 11) is -4.08. The van der Waals surface area contributed by atoms with E-state index in [2.05, 4.69) is 55.4 Å². The second-order valence-corrected chi connectivity index (χ2v) is 11.2. The van der Waals surface area contributed by atoms with E-state index < -0.39 is 15.9 Å². The van der Waals surface area contributed by atoms with Gasteiger partial charge in [0.1, 0.15) is 17.0 Å². The van der Waals surface area contributed by atoms with E-state index in [9.17, 15) is 13.2 Å². The highest BCUT2D eigenvalue weighted by Crippen LogP contribution is 2.30. The van der Waals surface area contributed by atoms with Crippen molar-refractivity contribution >= 4 is 59.9 Å². The predicted molar refractivity (Wildman–Crippen MR) is 149 cm³/mol. The second kappa shape index (κ2) is 9.57. The molecule has 0 saturated carbocycles. The molecular weight excluding hydrogens is 552 g/mol. The zero-order valence-corrected chi connectivity index (χ0v) is 22.6. The Morgan fingerprint density at radius 2 is 1.78 bits per heavy atom. The topological polar surface area (TPSA) is 94.0 Å². The number of rotatable bonds is 6. The van der Waals surface area contributed by atoms with Crippen LogP contribution in [0.3, 0.4) is 0 Å². The van der Waals surface area contributed by atoms with Crippen LogP contribution in [-0.4, -0.2) is 28.9 Å². The van der Waals surface area contributed by atoms with Crippen molar-refractivity contribution in [2.45, 2.75) is 25.3 Å². The van der Waals surface area contributed by atoms with Gasteiger partial charge in [-0.2, -0.15) is 0 Å². The summed E-state index contributed by atoms with van der Waals surface area (Å²) in [6.45, 7) is 7.84. The van der Waals surface area contributed by atoms with E-state index in [0.29, 0.717) is 17.7 Å². The fraction of sp³-hybridized carbons (Fsp3) is 0.107. The Balaban J connectivity index is 1.51. The third-order valence-electron chi connectivity index (χ3n) is 6.24. The molecule has 1 N–H and O–H groups in total. The smallest absolute Gasteiger partial charge is 0.283 e. The average molecular weight is 575 g/mol. The first kappa shape index (κ1) is 24.9. The van der Waals surface area contributed by atoms with E-state index in [1.54, 1.807) is 24.3 Å². The highest BCUT2D eigenvalue weighted by Gasteiger charge is 2.22. The molecule has 5 rings (SSSR count). The number of carbonyl (C=O) groups excluding carboxylic acids is 1. The van der Waals surface area contributed by atoms with E-state index in [4.69, 9.17) is 0 Å². The van der Waals surface area contributed by atoms with E-state index in [1.165, 1.54) is 12.1 Å². The molecule has 0 saturated heterocycles. The van der Waals surface area contributed by atoms with Gasteiger partial charge in [-0.3, -0.25) is 4.79 Å². The van der Waals surface area contributed by atoms with Crippen LogP contribution in [0.25, 0.3) is 28.0 Å². The molecule has 0 fully saturated rings. The molecule has 0 spiro atoms. The first-order valence-electron chi connectivity index (χ1n) is 11.5. The van der Waals surface area contributed by atoms with E-state index in [1.807, 2.05) is 36.6 Å². The molecule has 0 radical (unpaired) electrons.